The van der Waals surface area contributed by atoms with Crippen LogP contribution in [0.2, 0.25) is 0 Å². The van der Waals surface area contributed by atoms with E-state index >= 15 is 0 Å². The van der Waals surface area contributed by atoms with Crippen molar-refractivity contribution >= 4 is 0 Å². The summed E-state index contributed by atoms with van der Waals surface area (Å²) in [5, 5.41) is 9.61. The molecule has 0 spiro atoms. The first-order chi connectivity index (χ1) is 8.31. The minimum atomic E-state index is -0.459. The summed E-state index contributed by atoms with van der Waals surface area (Å²) in [6, 6.07) is 6.21. The number of aliphatic hydroxyl groups is 1. The molecular weight excluding hydrogens is 214 g/mol. The van der Waals surface area contributed by atoms with Crippen LogP contribution in [0, 0.1) is 0 Å². The molecule has 0 saturated heterocycles. The lowest BCUT2D eigenvalue weighted by Gasteiger charge is -2.20. The van der Waals surface area contributed by atoms with Crippen molar-refractivity contribution in [3.05, 3.63) is 29.3 Å². The third-order valence-corrected chi connectivity index (χ3v) is 3.28. The van der Waals surface area contributed by atoms with E-state index < -0.39 is 6.10 Å². The number of aliphatic hydroxyl groups excluding tert-OH is 1. The number of nitrogens with two attached hydrogens (primary N) is 1. The van der Waals surface area contributed by atoms with Gasteiger partial charge in [-0.1, -0.05) is 12.1 Å². The molecule has 1 aromatic rings. The SMILES string of the molecule is NCCC(O)COc1cccc2c1CCCC2. The molecule has 0 heterocycles. The summed E-state index contributed by atoms with van der Waals surface area (Å²) in [5.74, 6) is 0.943. The van der Waals surface area contributed by atoms with Gasteiger partial charge in [-0.2, -0.15) is 0 Å². The zero-order chi connectivity index (χ0) is 12.1. The highest BCUT2D eigenvalue weighted by atomic mass is 16.5. The van der Waals surface area contributed by atoms with E-state index in [1.165, 1.54) is 24.0 Å². The number of rotatable bonds is 5. The molecule has 3 heteroatoms. The van der Waals surface area contributed by atoms with Gasteiger partial charge in [-0.15, -0.1) is 0 Å². The molecule has 0 saturated carbocycles. The Morgan fingerprint density at radius 2 is 2.12 bits per heavy atom. The lowest BCUT2D eigenvalue weighted by Crippen LogP contribution is -2.21. The normalized spacial score (nSPS) is 16.4. The van der Waals surface area contributed by atoms with Crippen molar-refractivity contribution in [3.63, 3.8) is 0 Å². The lowest BCUT2D eigenvalue weighted by molar-refractivity contribution is 0.101. The van der Waals surface area contributed by atoms with Gasteiger partial charge in [0.2, 0.25) is 0 Å². The van der Waals surface area contributed by atoms with Crippen LogP contribution < -0.4 is 10.5 Å². The second-order valence-corrected chi connectivity index (χ2v) is 4.64. The number of hydrogen-bond acceptors (Lipinski definition) is 3. The molecular formula is C14H21NO2. The highest BCUT2D eigenvalue weighted by molar-refractivity contribution is 5.41. The second kappa shape index (κ2) is 6.03. The molecule has 0 aliphatic heterocycles. The Hall–Kier alpha value is -1.06. The summed E-state index contributed by atoms with van der Waals surface area (Å²) < 4.78 is 5.71. The van der Waals surface area contributed by atoms with Crippen LogP contribution in [0.1, 0.15) is 30.4 Å². The zero-order valence-corrected chi connectivity index (χ0v) is 10.2. The van der Waals surface area contributed by atoms with E-state index in [0.29, 0.717) is 19.6 Å². The van der Waals surface area contributed by atoms with Gasteiger partial charge in [-0.3, -0.25) is 0 Å². The van der Waals surface area contributed by atoms with E-state index in [1.54, 1.807) is 0 Å². The number of fused-ring (bicyclic) bond motifs is 1. The monoisotopic (exact) mass is 235 g/mol. The van der Waals surface area contributed by atoms with E-state index in [2.05, 4.69) is 6.07 Å². The smallest absolute Gasteiger partial charge is 0.122 e. The molecule has 3 N–H and O–H groups in total. The Balaban J connectivity index is 2.01. The fraction of sp³-hybridized carbons (Fsp3) is 0.571. The third-order valence-electron chi connectivity index (χ3n) is 3.28. The molecule has 1 aliphatic carbocycles. The zero-order valence-electron chi connectivity index (χ0n) is 10.2. The van der Waals surface area contributed by atoms with Crippen molar-refractivity contribution < 1.29 is 9.84 Å². The number of benzene rings is 1. The first-order valence-electron chi connectivity index (χ1n) is 6.43. The summed E-state index contributed by atoms with van der Waals surface area (Å²) >= 11 is 0. The molecule has 2 rings (SSSR count). The van der Waals surface area contributed by atoms with Gasteiger partial charge in [0.25, 0.3) is 0 Å². The summed E-state index contributed by atoms with van der Waals surface area (Å²) in [7, 11) is 0. The maximum Gasteiger partial charge on any atom is 0.122 e. The van der Waals surface area contributed by atoms with Crippen LogP contribution in [0.4, 0.5) is 0 Å². The van der Waals surface area contributed by atoms with E-state index in [9.17, 15) is 5.11 Å². The Morgan fingerprint density at radius 1 is 1.29 bits per heavy atom. The molecule has 17 heavy (non-hydrogen) atoms. The number of ether oxygens (including phenoxy) is 1. The standard InChI is InChI=1S/C14H21NO2/c15-9-8-12(16)10-17-14-7-3-5-11-4-1-2-6-13(11)14/h3,5,7,12,16H,1-2,4,6,8-10,15H2. The first-order valence-corrected chi connectivity index (χ1v) is 6.43. The molecule has 0 fully saturated rings. The Morgan fingerprint density at radius 3 is 2.94 bits per heavy atom. The van der Waals surface area contributed by atoms with Gasteiger partial charge in [0.05, 0.1) is 6.10 Å². The largest absolute Gasteiger partial charge is 0.491 e. The molecule has 0 aromatic heterocycles. The van der Waals surface area contributed by atoms with E-state index in [1.807, 2.05) is 12.1 Å². The lowest BCUT2D eigenvalue weighted by atomic mass is 9.91. The fourth-order valence-corrected chi connectivity index (χ4v) is 2.34. The topological polar surface area (TPSA) is 55.5 Å². The minimum Gasteiger partial charge on any atom is -0.491 e. The summed E-state index contributed by atoms with van der Waals surface area (Å²) in [4.78, 5) is 0. The molecule has 1 unspecified atom stereocenters. The summed E-state index contributed by atoms with van der Waals surface area (Å²) in [6.07, 6.45) is 4.88. The van der Waals surface area contributed by atoms with Crippen LogP contribution in [0.5, 0.6) is 5.75 Å². The van der Waals surface area contributed by atoms with Crippen LogP contribution in [0.25, 0.3) is 0 Å². The van der Waals surface area contributed by atoms with Crippen molar-refractivity contribution in [2.75, 3.05) is 13.2 Å². The van der Waals surface area contributed by atoms with Gasteiger partial charge in [0.15, 0.2) is 0 Å². The van der Waals surface area contributed by atoms with Gasteiger partial charge < -0.3 is 15.6 Å². The quantitative estimate of drug-likeness (QED) is 0.816. The highest BCUT2D eigenvalue weighted by Crippen LogP contribution is 2.29. The van der Waals surface area contributed by atoms with E-state index in [-0.39, 0.29) is 0 Å². The van der Waals surface area contributed by atoms with Gasteiger partial charge in [0, 0.05) is 0 Å². The molecule has 0 bridgehead atoms. The van der Waals surface area contributed by atoms with Gasteiger partial charge in [-0.25, -0.2) is 0 Å². The van der Waals surface area contributed by atoms with Crippen LogP contribution in [-0.2, 0) is 12.8 Å². The molecule has 1 atom stereocenters. The molecule has 1 aromatic carbocycles. The molecule has 94 valence electrons. The minimum absolute atomic E-state index is 0.341. The maximum absolute atomic E-state index is 9.61. The van der Waals surface area contributed by atoms with Crippen molar-refractivity contribution in [1.29, 1.82) is 0 Å². The number of aryl methyl sites for hydroxylation is 1. The predicted octanol–water partition coefficient (Wildman–Crippen LogP) is 1.65. The third kappa shape index (κ3) is 3.20. The van der Waals surface area contributed by atoms with Crippen LogP contribution in [-0.4, -0.2) is 24.4 Å². The first kappa shape index (κ1) is 12.4. The van der Waals surface area contributed by atoms with Gasteiger partial charge in [0.1, 0.15) is 12.4 Å². The van der Waals surface area contributed by atoms with E-state index in [4.69, 9.17) is 10.5 Å². The van der Waals surface area contributed by atoms with E-state index in [0.717, 1.165) is 18.6 Å². The second-order valence-electron chi connectivity index (χ2n) is 4.64. The van der Waals surface area contributed by atoms with Crippen LogP contribution in [0.15, 0.2) is 18.2 Å². The van der Waals surface area contributed by atoms with Crippen molar-refractivity contribution in [2.45, 2.75) is 38.2 Å². The average molecular weight is 235 g/mol. The molecule has 1 aliphatic rings. The maximum atomic E-state index is 9.61. The van der Waals surface area contributed by atoms with Crippen molar-refractivity contribution in [3.8, 4) is 5.75 Å². The Bertz CT molecular complexity index is 365. The molecule has 3 nitrogen and oxygen atoms in total. The van der Waals surface area contributed by atoms with Crippen LogP contribution >= 0.6 is 0 Å². The van der Waals surface area contributed by atoms with Crippen molar-refractivity contribution in [1.82, 2.24) is 0 Å². The van der Waals surface area contributed by atoms with Gasteiger partial charge >= 0.3 is 0 Å². The summed E-state index contributed by atoms with van der Waals surface area (Å²) in [6.45, 7) is 0.838. The van der Waals surface area contributed by atoms with Crippen molar-refractivity contribution in [2.24, 2.45) is 5.73 Å². The Labute approximate surface area is 103 Å². The summed E-state index contributed by atoms with van der Waals surface area (Å²) in [5.41, 5.74) is 8.13. The predicted molar refractivity (Wildman–Crippen MR) is 68.3 cm³/mol. The van der Waals surface area contributed by atoms with Gasteiger partial charge in [-0.05, 0) is 55.8 Å². The molecule has 0 amide bonds. The Kier molecular flexibility index (Phi) is 4.40. The van der Waals surface area contributed by atoms with Crippen LogP contribution in [0.3, 0.4) is 0 Å². The fourth-order valence-electron chi connectivity index (χ4n) is 2.34. The highest BCUT2D eigenvalue weighted by Gasteiger charge is 2.14. The number of hydrogen-bond donors (Lipinski definition) is 2. The molecule has 0 radical (unpaired) electrons. The average Bonchev–Trinajstić information content (AvgIpc) is 2.36.